The summed E-state index contributed by atoms with van der Waals surface area (Å²) in [5.74, 6) is 1.43. The first kappa shape index (κ1) is 13.6. The lowest BCUT2D eigenvalue weighted by Gasteiger charge is -2.10. The van der Waals surface area contributed by atoms with Crippen molar-refractivity contribution in [2.75, 3.05) is 0 Å². The number of ether oxygens (including phenoxy) is 1. The van der Waals surface area contributed by atoms with Gasteiger partial charge >= 0.3 is 0 Å². The molecule has 2 heterocycles. The maximum atomic E-state index is 5.87. The lowest BCUT2D eigenvalue weighted by atomic mass is 10.2. The molecular weight excluding hydrogens is 286 g/mol. The minimum absolute atomic E-state index is 0.453. The van der Waals surface area contributed by atoms with E-state index in [4.69, 9.17) is 16.3 Å². The van der Waals surface area contributed by atoms with Gasteiger partial charge in [0.2, 0.25) is 5.88 Å². The van der Waals surface area contributed by atoms with Crippen LogP contribution in [-0.2, 0) is 6.61 Å². The van der Waals surface area contributed by atoms with Crippen molar-refractivity contribution >= 4 is 11.6 Å². The largest absolute Gasteiger partial charge is 0.473 e. The van der Waals surface area contributed by atoms with Gasteiger partial charge in [-0.1, -0.05) is 29.8 Å². The quantitative estimate of drug-likeness (QED) is 0.735. The average molecular weight is 300 g/mol. The van der Waals surface area contributed by atoms with Crippen molar-refractivity contribution in [3.63, 3.8) is 0 Å². The molecule has 21 heavy (non-hydrogen) atoms. The van der Waals surface area contributed by atoms with Crippen molar-refractivity contribution < 1.29 is 4.74 Å². The van der Waals surface area contributed by atoms with Gasteiger partial charge in [-0.15, -0.1) is 0 Å². The Morgan fingerprint density at radius 3 is 2.67 bits per heavy atom. The summed E-state index contributed by atoms with van der Waals surface area (Å²) in [5.41, 5.74) is 2.09. The molecule has 0 spiro atoms. The van der Waals surface area contributed by atoms with Crippen LogP contribution in [0, 0.1) is 6.92 Å². The number of benzene rings is 1. The second kappa shape index (κ2) is 5.97. The molecule has 3 rings (SSSR count). The van der Waals surface area contributed by atoms with E-state index in [-0.39, 0.29) is 0 Å². The van der Waals surface area contributed by atoms with Crippen LogP contribution in [0.5, 0.6) is 5.88 Å². The SMILES string of the molecule is Cc1cccnc1-n1nccc1OCc1ccc(Cl)cc1. The summed E-state index contributed by atoms with van der Waals surface area (Å²) in [4.78, 5) is 4.35. The highest BCUT2D eigenvalue weighted by atomic mass is 35.5. The predicted octanol–water partition coefficient (Wildman–Crippen LogP) is 3.81. The van der Waals surface area contributed by atoms with Gasteiger partial charge < -0.3 is 4.74 Å². The minimum Gasteiger partial charge on any atom is -0.473 e. The summed E-state index contributed by atoms with van der Waals surface area (Å²) >= 11 is 5.87. The Labute approximate surface area is 128 Å². The summed E-state index contributed by atoms with van der Waals surface area (Å²) in [6.45, 7) is 2.45. The molecule has 2 aromatic heterocycles. The molecule has 106 valence electrons. The van der Waals surface area contributed by atoms with Crippen LogP contribution in [0.15, 0.2) is 54.9 Å². The zero-order valence-corrected chi connectivity index (χ0v) is 12.3. The lowest BCUT2D eigenvalue weighted by molar-refractivity contribution is 0.284. The first-order valence-electron chi connectivity index (χ1n) is 6.57. The van der Waals surface area contributed by atoms with Gasteiger partial charge in [0, 0.05) is 17.3 Å². The van der Waals surface area contributed by atoms with E-state index in [1.165, 1.54) is 0 Å². The summed E-state index contributed by atoms with van der Waals surface area (Å²) in [6.07, 6.45) is 3.44. The van der Waals surface area contributed by atoms with Gasteiger partial charge in [-0.05, 0) is 36.2 Å². The molecule has 3 aromatic rings. The van der Waals surface area contributed by atoms with Gasteiger partial charge in [0.05, 0.1) is 6.20 Å². The molecule has 0 saturated heterocycles. The minimum atomic E-state index is 0.453. The van der Waals surface area contributed by atoms with Gasteiger partial charge in [-0.2, -0.15) is 9.78 Å². The Morgan fingerprint density at radius 2 is 1.90 bits per heavy atom. The van der Waals surface area contributed by atoms with Crippen LogP contribution in [0.4, 0.5) is 0 Å². The first-order valence-corrected chi connectivity index (χ1v) is 6.95. The number of hydrogen-bond donors (Lipinski definition) is 0. The van der Waals surface area contributed by atoms with E-state index in [2.05, 4.69) is 10.1 Å². The first-order chi connectivity index (χ1) is 10.2. The smallest absolute Gasteiger partial charge is 0.218 e. The summed E-state index contributed by atoms with van der Waals surface area (Å²) in [7, 11) is 0. The molecule has 1 aromatic carbocycles. The standard InChI is InChI=1S/C16H14ClN3O/c1-12-3-2-9-18-16(12)20-15(8-10-19-20)21-11-13-4-6-14(17)7-5-13/h2-10H,11H2,1H3. The molecule has 0 radical (unpaired) electrons. The zero-order valence-electron chi connectivity index (χ0n) is 11.5. The number of aryl methyl sites for hydroxylation is 1. The summed E-state index contributed by atoms with van der Waals surface area (Å²) < 4.78 is 7.53. The number of nitrogens with zero attached hydrogens (tertiary/aromatic N) is 3. The van der Waals surface area contributed by atoms with E-state index in [0.717, 1.165) is 16.9 Å². The monoisotopic (exact) mass is 299 g/mol. The van der Waals surface area contributed by atoms with Gasteiger partial charge in [0.15, 0.2) is 5.82 Å². The van der Waals surface area contributed by atoms with E-state index >= 15 is 0 Å². The van der Waals surface area contributed by atoms with Gasteiger partial charge in [0.25, 0.3) is 0 Å². The fourth-order valence-corrected chi connectivity index (χ4v) is 2.12. The van der Waals surface area contributed by atoms with Crippen molar-refractivity contribution in [3.05, 3.63) is 71.0 Å². The molecule has 0 saturated carbocycles. The third kappa shape index (κ3) is 3.06. The molecule has 0 bridgehead atoms. The molecule has 0 amide bonds. The van der Waals surface area contributed by atoms with Crippen molar-refractivity contribution in [1.29, 1.82) is 0 Å². The van der Waals surface area contributed by atoms with Crippen LogP contribution in [-0.4, -0.2) is 14.8 Å². The Hall–Kier alpha value is -2.33. The van der Waals surface area contributed by atoms with Gasteiger partial charge in [0.1, 0.15) is 6.61 Å². The van der Waals surface area contributed by atoms with Crippen molar-refractivity contribution in [2.24, 2.45) is 0 Å². The molecular formula is C16H14ClN3O. The van der Waals surface area contributed by atoms with Gasteiger partial charge in [-0.25, -0.2) is 4.98 Å². The number of hydrogen-bond acceptors (Lipinski definition) is 3. The maximum Gasteiger partial charge on any atom is 0.218 e. The van der Waals surface area contributed by atoms with E-state index in [0.29, 0.717) is 17.5 Å². The highest BCUT2D eigenvalue weighted by molar-refractivity contribution is 6.30. The third-order valence-electron chi connectivity index (χ3n) is 3.09. The van der Waals surface area contributed by atoms with E-state index in [9.17, 15) is 0 Å². The lowest BCUT2D eigenvalue weighted by Crippen LogP contribution is -2.06. The molecule has 0 aliphatic heterocycles. The Kier molecular flexibility index (Phi) is 3.88. The molecule has 4 nitrogen and oxygen atoms in total. The molecule has 0 atom stereocenters. The summed E-state index contributed by atoms with van der Waals surface area (Å²) in [6, 6.07) is 13.3. The number of aromatic nitrogens is 3. The molecule has 5 heteroatoms. The van der Waals surface area contributed by atoms with Crippen molar-refractivity contribution in [1.82, 2.24) is 14.8 Å². The Balaban J connectivity index is 1.80. The molecule has 0 aliphatic rings. The number of halogens is 1. The maximum absolute atomic E-state index is 5.87. The Bertz CT molecular complexity index is 737. The van der Waals surface area contributed by atoms with Crippen LogP contribution in [0.3, 0.4) is 0 Å². The van der Waals surface area contributed by atoms with E-state index < -0.39 is 0 Å². The number of rotatable bonds is 4. The van der Waals surface area contributed by atoms with Crippen molar-refractivity contribution in [3.8, 4) is 11.7 Å². The van der Waals surface area contributed by atoms with Gasteiger partial charge in [-0.3, -0.25) is 0 Å². The second-order valence-electron chi connectivity index (χ2n) is 4.64. The normalized spacial score (nSPS) is 10.6. The van der Waals surface area contributed by atoms with Crippen LogP contribution < -0.4 is 4.74 Å². The highest BCUT2D eigenvalue weighted by Crippen LogP contribution is 2.19. The molecule has 0 unspecified atom stereocenters. The topological polar surface area (TPSA) is 39.9 Å². The average Bonchev–Trinajstić information content (AvgIpc) is 2.95. The van der Waals surface area contributed by atoms with Crippen LogP contribution >= 0.6 is 11.6 Å². The third-order valence-corrected chi connectivity index (χ3v) is 3.34. The predicted molar refractivity (Wildman–Crippen MR) is 81.9 cm³/mol. The fourth-order valence-electron chi connectivity index (χ4n) is 2.00. The number of pyridine rings is 1. The molecule has 0 fully saturated rings. The molecule has 0 N–H and O–H groups in total. The van der Waals surface area contributed by atoms with Crippen LogP contribution in [0.1, 0.15) is 11.1 Å². The Morgan fingerprint density at radius 1 is 1.10 bits per heavy atom. The second-order valence-corrected chi connectivity index (χ2v) is 5.08. The van der Waals surface area contributed by atoms with Crippen LogP contribution in [0.25, 0.3) is 5.82 Å². The van der Waals surface area contributed by atoms with Crippen LogP contribution in [0.2, 0.25) is 5.02 Å². The van der Waals surface area contributed by atoms with E-state index in [1.807, 2.05) is 49.4 Å². The van der Waals surface area contributed by atoms with Crippen molar-refractivity contribution in [2.45, 2.75) is 13.5 Å². The fraction of sp³-hybridized carbons (Fsp3) is 0.125. The highest BCUT2D eigenvalue weighted by Gasteiger charge is 2.09. The summed E-state index contributed by atoms with van der Waals surface area (Å²) in [5, 5.41) is 5.00. The van der Waals surface area contributed by atoms with E-state index in [1.54, 1.807) is 17.1 Å². The molecule has 0 aliphatic carbocycles. The zero-order chi connectivity index (χ0) is 14.7.